The third-order valence-electron chi connectivity index (χ3n) is 3.31. The van der Waals surface area contributed by atoms with Crippen molar-refractivity contribution in [3.63, 3.8) is 0 Å². The summed E-state index contributed by atoms with van der Waals surface area (Å²) in [7, 11) is 0.751. The van der Waals surface area contributed by atoms with Crippen LogP contribution in [0.4, 0.5) is 22.7 Å². The van der Waals surface area contributed by atoms with Gasteiger partial charge in [0.25, 0.3) is 11.4 Å². The number of nitro groups is 4. The standard InChI is InChI=1S/C7H5N5O8.C6H14N2O/c1-8(12(19)20)7-5(10(15)16)2-4(9(13)14)3-6(7)11(17)18;1-3-5-8(7-9)6-4-2/h2-3H,1H3;3-6H2,1-2H3. The Balaban J connectivity index is 0.000000734. The molecule has 0 aliphatic rings. The zero-order valence-electron chi connectivity index (χ0n) is 15.8. The maximum Gasteiger partial charge on any atom is 0.312 e. The van der Waals surface area contributed by atoms with Crippen LogP contribution in [0.5, 0.6) is 0 Å². The summed E-state index contributed by atoms with van der Waals surface area (Å²) >= 11 is 0. The van der Waals surface area contributed by atoms with Crippen LogP contribution in [0.1, 0.15) is 26.7 Å². The molecule has 0 unspecified atom stereocenters. The molecule has 0 heterocycles. The first-order chi connectivity index (χ1) is 13.5. The number of nitroso groups, excluding NO2 is 1. The predicted octanol–water partition coefficient (Wildman–Crippen LogP) is 2.83. The van der Waals surface area contributed by atoms with E-state index < -0.39 is 42.6 Å². The lowest BCUT2D eigenvalue weighted by molar-refractivity contribution is -0.493. The van der Waals surface area contributed by atoms with E-state index in [0.29, 0.717) is 12.1 Å². The van der Waals surface area contributed by atoms with Gasteiger partial charge in [0.1, 0.15) is 0 Å². The first kappa shape index (κ1) is 25.0. The molecular weight excluding hydrogens is 398 g/mol. The Hall–Kier alpha value is -3.98. The molecule has 0 amide bonds. The maximum absolute atomic E-state index is 10.8. The van der Waals surface area contributed by atoms with Crippen molar-refractivity contribution in [3.05, 3.63) is 57.5 Å². The summed E-state index contributed by atoms with van der Waals surface area (Å²) in [6.45, 7) is 5.65. The quantitative estimate of drug-likeness (QED) is 0.307. The number of anilines is 1. The van der Waals surface area contributed by atoms with Crippen molar-refractivity contribution in [2.45, 2.75) is 26.7 Å². The van der Waals surface area contributed by atoms with Gasteiger partial charge in [0.2, 0.25) is 0 Å². The van der Waals surface area contributed by atoms with Crippen LogP contribution in [0.15, 0.2) is 17.4 Å². The molecule has 0 aliphatic heterocycles. The fourth-order valence-electron chi connectivity index (χ4n) is 2.10. The van der Waals surface area contributed by atoms with Crippen molar-refractivity contribution in [3.8, 4) is 0 Å². The molecule has 0 aromatic heterocycles. The molecule has 0 saturated carbocycles. The number of rotatable bonds is 10. The second-order valence-corrected chi connectivity index (χ2v) is 5.40. The second kappa shape index (κ2) is 11.7. The summed E-state index contributed by atoms with van der Waals surface area (Å²) in [6, 6.07) is 0.838. The Morgan fingerprint density at radius 2 is 1.28 bits per heavy atom. The monoisotopic (exact) mass is 417 g/mol. The SMILES string of the molecule is CCCN(CCC)N=O.CN(c1c([N+](=O)[O-])cc([N+](=O)[O-])cc1[N+](=O)[O-])[N+](=O)[O-]. The van der Waals surface area contributed by atoms with Crippen LogP contribution in [-0.4, -0.2) is 44.9 Å². The highest BCUT2D eigenvalue weighted by molar-refractivity contribution is 5.76. The minimum Gasteiger partial charge on any atom is -0.261 e. The molecule has 0 aliphatic carbocycles. The van der Waals surface area contributed by atoms with Crippen molar-refractivity contribution >= 4 is 22.7 Å². The largest absolute Gasteiger partial charge is 0.312 e. The van der Waals surface area contributed by atoms with Crippen LogP contribution >= 0.6 is 0 Å². The number of hydrazine groups is 1. The van der Waals surface area contributed by atoms with Gasteiger partial charge in [-0.25, -0.2) is 10.1 Å². The third kappa shape index (κ3) is 7.27. The van der Waals surface area contributed by atoms with Crippen molar-refractivity contribution < 1.29 is 19.8 Å². The third-order valence-corrected chi connectivity index (χ3v) is 3.31. The lowest BCUT2D eigenvalue weighted by atomic mass is 10.2. The molecule has 1 rings (SSSR count). The van der Waals surface area contributed by atoms with E-state index in [9.17, 15) is 45.4 Å². The van der Waals surface area contributed by atoms with E-state index in [1.165, 1.54) is 0 Å². The van der Waals surface area contributed by atoms with Crippen LogP contribution in [0.3, 0.4) is 0 Å². The Kier molecular flexibility index (Phi) is 10.1. The van der Waals surface area contributed by atoms with Crippen LogP contribution in [0.25, 0.3) is 0 Å². The maximum atomic E-state index is 10.8. The molecule has 0 bridgehead atoms. The van der Waals surface area contributed by atoms with Crippen molar-refractivity contribution in [1.82, 2.24) is 5.01 Å². The summed E-state index contributed by atoms with van der Waals surface area (Å²) in [5, 5.41) is 46.2. The average Bonchev–Trinajstić information content (AvgIpc) is 2.66. The smallest absolute Gasteiger partial charge is 0.261 e. The van der Waals surface area contributed by atoms with Gasteiger partial charge >= 0.3 is 11.4 Å². The van der Waals surface area contributed by atoms with Gasteiger partial charge < -0.3 is 0 Å². The van der Waals surface area contributed by atoms with Crippen molar-refractivity contribution in [2.75, 3.05) is 25.1 Å². The van der Waals surface area contributed by atoms with Crippen molar-refractivity contribution in [2.24, 2.45) is 5.29 Å². The second-order valence-electron chi connectivity index (χ2n) is 5.40. The number of hydrogen-bond acceptors (Lipinski definition) is 10. The molecule has 29 heavy (non-hydrogen) atoms. The van der Waals surface area contributed by atoms with E-state index >= 15 is 0 Å². The predicted molar refractivity (Wildman–Crippen MR) is 99.8 cm³/mol. The van der Waals surface area contributed by atoms with E-state index in [4.69, 9.17) is 0 Å². The van der Waals surface area contributed by atoms with Gasteiger partial charge in [-0.1, -0.05) is 18.9 Å². The molecule has 16 nitrogen and oxygen atoms in total. The Morgan fingerprint density at radius 1 is 0.862 bits per heavy atom. The van der Waals surface area contributed by atoms with E-state index in [0.717, 1.165) is 33.0 Å². The summed E-state index contributed by atoms with van der Waals surface area (Å²) in [5.41, 5.74) is -4.07. The Morgan fingerprint density at radius 3 is 1.52 bits per heavy atom. The van der Waals surface area contributed by atoms with Gasteiger partial charge in [0.05, 0.1) is 39.2 Å². The summed E-state index contributed by atoms with van der Waals surface area (Å²) in [4.78, 5) is 49.4. The van der Waals surface area contributed by atoms with Crippen LogP contribution in [-0.2, 0) is 0 Å². The number of nitrogens with zero attached hydrogens (tertiary/aromatic N) is 7. The molecule has 0 N–H and O–H groups in total. The van der Waals surface area contributed by atoms with Crippen LogP contribution in [0.2, 0.25) is 0 Å². The molecule has 16 heteroatoms. The highest BCUT2D eigenvalue weighted by Crippen LogP contribution is 2.40. The first-order valence-electron chi connectivity index (χ1n) is 8.09. The fraction of sp³-hybridized carbons (Fsp3) is 0.538. The number of hydrogen-bond donors (Lipinski definition) is 0. The van der Waals surface area contributed by atoms with Gasteiger partial charge in [-0.15, -0.1) is 4.91 Å². The normalized spacial score (nSPS) is 9.62. The molecule has 0 saturated heterocycles. The summed E-state index contributed by atoms with van der Waals surface area (Å²) < 4.78 is 0. The van der Waals surface area contributed by atoms with Gasteiger partial charge in [-0.2, -0.15) is 0 Å². The Bertz CT molecular complexity index is 745. The highest BCUT2D eigenvalue weighted by Gasteiger charge is 2.37. The lowest BCUT2D eigenvalue weighted by Crippen LogP contribution is -2.26. The first-order valence-corrected chi connectivity index (χ1v) is 8.09. The fourth-order valence-corrected chi connectivity index (χ4v) is 2.10. The van der Waals surface area contributed by atoms with E-state index in [2.05, 4.69) is 5.29 Å². The zero-order valence-corrected chi connectivity index (χ0v) is 15.8. The molecule has 0 spiro atoms. The average molecular weight is 417 g/mol. The summed E-state index contributed by atoms with van der Waals surface area (Å²) in [6.07, 6.45) is 1.98. The molecule has 1 aromatic rings. The van der Waals surface area contributed by atoms with Gasteiger partial charge in [0, 0.05) is 13.1 Å². The minimum atomic E-state index is -1.17. The van der Waals surface area contributed by atoms with Gasteiger partial charge in [0.15, 0.2) is 5.03 Å². The highest BCUT2D eigenvalue weighted by atomic mass is 16.7. The molecule has 0 fully saturated rings. The molecule has 0 radical (unpaired) electrons. The zero-order chi connectivity index (χ0) is 22.7. The van der Waals surface area contributed by atoms with Crippen LogP contribution < -0.4 is 5.01 Å². The number of benzene rings is 1. The van der Waals surface area contributed by atoms with Gasteiger partial charge in [-0.3, -0.25) is 35.4 Å². The molecular formula is C13H19N7O9. The number of nitro benzene ring substituents is 3. The minimum absolute atomic E-state index is 0.0555. The number of non-ortho nitro benzene ring substituents is 1. The van der Waals surface area contributed by atoms with Gasteiger partial charge in [-0.05, 0) is 12.8 Å². The molecule has 1 aromatic carbocycles. The lowest BCUT2D eigenvalue weighted by Gasteiger charge is -2.11. The Labute approximate surface area is 163 Å². The topological polar surface area (TPSA) is 208 Å². The van der Waals surface area contributed by atoms with Crippen LogP contribution in [0, 0.1) is 45.4 Å². The molecule has 160 valence electrons. The van der Waals surface area contributed by atoms with E-state index in [-0.39, 0.29) is 5.01 Å². The molecule has 0 atom stereocenters. The summed E-state index contributed by atoms with van der Waals surface area (Å²) in [5.74, 6) is 0. The van der Waals surface area contributed by atoms with E-state index in [1.54, 1.807) is 5.01 Å². The van der Waals surface area contributed by atoms with Crippen molar-refractivity contribution in [1.29, 1.82) is 0 Å². The van der Waals surface area contributed by atoms with E-state index in [1.807, 2.05) is 13.8 Å².